The van der Waals surface area contributed by atoms with Crippen LogP contribution in [0.1, 0.15) is 25.8 Å². The number of hydrogen-bond acceptors (Lipinski definition) is 4. The number of nitrogens with one attached hydrogen (secondary N) is 1. The third kappa shape index (κ3) is 3.43. The van der Waals surface area contributed by atoms with Gasteiger partial charge in [0.05, 0.1) is 12.7 Å². The molecule has 1 N–H and O–H groups in total. The van der Waals surface area contributed by atoms with Crippen molar-refractivity contribution in [2.24, 2.45) is 0 Å². The fourth-order valence-electron chi connectivity index (χ4n) is 2.19. The summed E-state index contributed by atoms with van der Waals surface area (Å²) in [6.45, 7) is 8.89. The van der Waals surface area contributed by atoms with E-state index in [1.54, 1.807) is 0 Å². The minimum atomic E-state index is 0.345. The number of hydrogen-bond donors (Lipinski definition) is 1. The van der Waals surface area contributed by atoms with Crippen LogP contribution in [0.15, 0.2) is 18.3 Å². The maximum absolute atomic E-state index is 5.69. The Morgan fingerprint density at radius 3 is 3.17 bits per heavy atom. The van der Waals surface area contributed by atoms with E-state index in [0.29, 0.717) is 6.10 Å². The summed E-state index contributed by atoms with van der Waals surface area (Å²) in [6, 6.07) is 4.25. The molecule has 4 nitrogen and oxygen atoms in total. The van der Waals surface area contributed by atoms with Gasteiger partial charge in [-0.2, -0.15) is 0 Å². The predicted octanol–water partition coefficient (Wildman–Crippen LogP) is 1.81. The Labute approximate surface area is 109 Å². The molecule has 2 rings (SSSR count). The second-order valence-corrected chi connectivity index (χ2v) is 4.65. The van der Waals surface area contributed by atoms with Crippen LogP contribution in [-0.4, -0.2) is 37.3 Å². The molecule has 1 aromatic rings. The average molecular weight is 249 g/mol. The molecule has 1 fully saturated rings. The van der Waals surface area contributed by atoms with Gasteiger partial charge in [-0.1, -0.05) is 13.8 Å². The Morgan fingerprint density at radius 1 is 1.50 bits per heavy atom. The number of ether oxygens (including phenoxy) is 1. The highest BCUT2D eigenvalue weighted by Gasteiger charge is 2.19. The zero-order valence-corrected chi connectivity index (χ0v) is 11.4. The standard InChI is InChI=1S/C14H23N3O/c1-3-13-11-17(7-8-18-13)14-9-12(5-6-16-14)10-15-4-2/h5-6,9,13,15H,3-4,7-8,10-11H2,1-2H3. The number of pyridine rings is 1. The van der Waals surface area contributed by atoms with Gasteiger partial charge in [-0.15, -0.1) is 0 Å². The highest BCUT2D eigenvalue weighted by Crippen LogP contribution is 2.17. The number of morpholine rings is 1. The summed E-state index contributed by atoms with van der Waals surface area (Å²) in [5.74, 6) is 1.08. The molecule has 0 amide bonds. The minimum Gasteiger partial charge on any atom is -0.375 e. The highest BCUT2D eigenvalue weighted by molar-refractivity contribution is 5.41. The summed E-state index contributed by atoms with van der Waals surface area (Å²) in [5, 5.41) is 3.34. The highest BCUT2D eigenvalue weighted by atomic mass is 16.5. The van der Waals surface area contributed by atoms with Crippen molar-refractivity contribution in [1.82, 2.24) is 10.3 Å². The van der Waals surface area contributed by atoms with Gasteiger partial charge in [-0.3, -0.25) is 0 Å². The Kier molecular flexibility index (Phi) is 4.96. The van der Waals surface area contributed by atoms with Gasteiger partial charge in [0.2, 0.25) is 0 Å². The van der Waals surface area contributed by atoms with Gasteiger partial charge in [0.25, 0.3) is 0 Å². The molecular weight excluding hydrogens is 226 g/mol. The average Bonchev–Trinajstić information content (AvgIpc) is 2.45. The van der Waals surface area contributed by atoms with E-state index < -0.39 is 0 Å². The molecule has 1 aromatic heterocycles. The summed E-state index contributed by atoms with van der Waals surface area (Å²) in [4.78, 5) is 6.81. The van der Waals surface area contributed by atoms with Crippen LogP contribution < -0.4 is 10.2 Å². The van der Waals surface area contributed by atoms with Gasteiger partial charge in [-0.05, 0) is 30.7 Å². The van der Waals surface area contributed by atoms with Crippen LogP contribution in [0.25, 0.3) is 0 Å². The lowest BCUT2D eigenvalue weighted by molar-refractivity contribution is 0.0381. The van der Waals surface area contributed by atoms with Crippen molar-refractivity contribution < 1.29 is 4.74 Å². The van der Waals surface area contributed by atoms with Crippen LogP contribution in [0.3, 0.4) is 0 Å². The molecule has 1 unspecified atom stereocenters. The monoisotopic (exact) mass is 249 g/mol. The molecule has 0 saturated carbocycles. The Hall–Kier alpha value is -1.13. The normalized spacial score (nSPS) is 20.1. The van der Waals surface area contributed by atoms with Crippen molar-refractivity contribution in [1.29, 1.82) is 0 Å². The molecular formula is C14H23N3O. The maximum atomic E-state index is 5.69. The summed E-state index contributed by atoms with van der Waals surface area (Å²) in [5.41, 5.74) is 1.29. The lowest BCUT2D eigenvalue weighted by atomic mass is 10.2. The Morgan fingerprint density at radius 2 is 2.39 bits per heavy atom. The van der Waals surface area contributed by atoms with E-state index in [-0.39, 0.29) is 0 Å². The first kappa shape index (κ1) is 13.3. The third-order valence-corrected chi connectivity index (χ3v) is 3.31. The number of rotatable bonds is 5. The van der Waals surface area contributed by atoms with Crippen molar-refractivity contribution >= 4 is 5.82 Å². The molecule has 0 aliphatic carbocycles. The number of aromatic nitrogens is 1. The Balaban J connectivity index is 2.02. The third-order valence-electron chi connectivity index (χ3n) is 3.31. The smallest absolute Gasteiger partial charge is 0.128 e. The van der Waals surface area contributed by atoms with Gasteiger partial charge in [0.15, 0.2) is 0 Å². The quantitative estimate of drug-likeness (QED) is 0.863. The fraction of sp³-hybridized carbons (Fsp3) is 0.643. The maximum Gasteiger partial charge on any atom is 0.128 e. The van der Waals surface area contributed by atoms with E-state index in [1.807, 2.05) is 6.20 Å². The van der Waals surface area contributed by atoms with E-state index in [0.717, 1.165) is 45.0 Å². The van der Waals surface area contributed by atoms with Crippen LogP contribution in [0.4, 0.5) is 5.82 Å². The number of nitrogens with zero attached hydrogens (tertiary/aromatic N) is 2. The van der Waals surface area contributed by atoms with E-state index in [1.165, 1.54) is 5.56 Å². The summed E-state index contributed by atoms with van der Waals surface area (Å²) >= 11 is 0. The molecule has 1 atom stereocenters. The molecule has 4 heteroatoms. The van der Waals surface area contributed by atoms with E-state index in [9.17, 15) is 0 Å². The minimum absolute atomic E-state index is 0.345. The SMILES string of the molecule is CCNCc1ccnc(N2CCOC(CC)C2)c1. The van der Waals surface area contributed by atoms with E-state index in [2.05, 4.69) is 41.2 Å². The second-order valence-electron chi connectivity index (χ2n) is 4.65. The van der Waals surface area contributed by atoms with Crippen molar-refractivity contribution in [3.8, 4) is 0 Å². The van der Waals surface area contributed by atoms with Crippen molar-refractivity contribution in [2.45, 2.75) is 32.9 Å². The van der Waals surface area contributed by atoms with Crippen LogP contribution in [-0.2, 0) is 11.3 Å². The Bertz CT molecular complexity index is 370. The summed E-state index contributed by atoms with van der Waals surface area (Å²) in [6.07, 6.45) is 3.31. The summed E-state index contributed by atoms with van der Waals surface area (Å²) < 4.78 is 5.69. The van der Waals surface area contributed by atoms with Crippen LogP contribution in [0.5, 0.6) is 0 Å². The van der Waals surface area contributed by atoms with E-state index in [4.69, 9.17) is 4.74 Å². The predicted molar refractivity (Wildman–Crippen MR) is 73.9 cm³/mol. The first-order chi connectivity index (χ1) is 8.83. The van der Waals surface area contributed by atoms with Gasteiger partial charge in [0.1, 0.15) is 5.82 Å². The largest absolute Gasteiger partial charge is 0.375 e. The molecule has 0 bridgehead atoms. The lowest BCUT2D eigenvalue weighted by Crippen LogP contribution is -2.42. The van der Waals surface area contributed by atoms with Crippen LogP contribution in [0, 0.1) is 0 Å². The lowest BCUT2D eigenvalue weighted by Gasteiger charge is -2.33. The molecule has 0 aromatic carbocycles. The molecule has 0 radical (unpaired) electrons. The van der Waals surface area contributed by atoms with Crippen molar-refractivity contribution in [3.63, 3.8) is 0 Å². The molecule has 0 spiro atoms. The topological polar surface area (TPSA) is 37.4 Å². The van der Waals surface area contributed by atoms with Crippen molar-refractivity contribution in [2.75, 3.05) is 31.1 Å². The molecule has 18 heavy (non-hydrogen) atoms. The molecule has 1 saturated heterocycles. The summed E-state index contributed by atoms with van der Waals surface area (Å²) in [7, 11) is 0. The van der Waals surface area contributed by atoms with Gasteiger partial charge >= 0.3 is 0 Å². The zero-order chi connectivity index (χ0) is 12.8. The van der Waals surface area contributed by atoms with Crippen LogP contribution in [0.2, 0.25) is 0 Å². The molecule has 100 valence electrons. The number of anilines is 1. The van der Waals surface area contributed by atoms with Crippen LogP contribution >= 0.6 is 0 Å². The zero-order valence-electron chi connectivity index (χ0n) is 11.4. The molecule has 2 heterocycles. The molecule has 1 aliphatic rings. The van der Waals surface area contributed by atoms with Gasteiger partial charge in [-0.25, -0.2) is 4.98 Å². The van der Waals surface area contributed by atoms with Gasteiger partial charge < -0.3 is 15.0 Å². The first-order valence-corrected chi connectivity index (χ1v) is 6.85. The first-order valence-electron chi connectivity index (χ1n) is 6.85. The van der Waals surface area contributed by atoms with Gasteiger partial charge in [0, 0.05) is 25.8 Å². The van der Waals surface area contributed by atoms with E-state index >= 15 is 0 Å². The van der Waals surface area contributed by atoms with Crippen molar-refractivity contribution in [3.05, 3.63) is 23.9 Å². The second kappa shape index (κ2) is 6.71. The fourth-order valence-corrected chi connectivity index (χ4v) is 2.19. The molecule has 1 aliphatic heterocycles.